The summed E-state index contributed by atoms with van der Waals surface area (Å²) in [6, 6.07) is 4.06. The van der Waals surface area contributed by atoms with Gasteiger partial charge in [0, 0.05) is 24.7 Å². The van der Waals surface area contributed by atoms with E-state index in [0.29, 0.717) is 0 Å². The topological polar surface area (TPSA) is 39.1 Å². The Morgan fingerprint density at radius 1 is 1.30 bits per heavy atom. The molecule has 0 bridgehead atoms. The number of nitriles is 1. The van der Waals surface area contributed by atoms with Gasteiger partial charge in [-0.1, -0.05) is 0 Å². The molecular weight excluding hydrogens is 260 g/mol. The molecule has 1 heterocycles. The van der Waals surface area contributed by atoms with E-state index in [1.807, 2.05) is 6.92 Å². The van der Waals surface area contributed by atoms with Crippen LogP contribution in [0.2, 0.25) is 0 Å². The summed E-state index contributed by atoms with van der Waals surface area (Å²) >= 11 is 0. The monoisotopic (exact) mass is 279 g/mol. The van der Waals surface area contributed by atoms with Crippen molar-refractivity contribution in [1.29, 1.82) is 5.26 Å². The molecule has 1 aliphatic rings. The van der Waals surface area contributed by atoms with E-state index in [2.05, 4.69) is 10.2 Å². The van der Waals surface area contributed by atoms with Crippen molar-refractivity contribution in [3.63, 3.8) is 0 Å². The van der Waals surface area contributed by atoms with Crippen molar-refractivity contribution in [1.82, 2.24) is 10.2 Å². The Hall–Kier alpha value is -1.51. The van der Waals surface area contributed by atoms with Crippen LogP contribution in [0.5, 0.6) is 0 Å². The molecule has 2 rings (SSSR count). The number of hydrogen-bond acceptors (Lipinski definition) is 3. The Balaban J connectivity index is 1.91. The van der Waals surface area contributed by atoms with Crippen LogP contribution in [0.25, 0.3) is 0 Å². The van der Waals surface area contributed by atoms with Crippen LogP contribution in [-0.4, -0.2) is 30.6 Å². The molecule has 1 atom stereocenters. The van der Waals surface area contributed by atoms with Crippen molar-refractivity contribution < 1.29 is 8.78 Å². The highest BCUT2D eigenvalue weighted by Crippen LogP contribution is 2.15. The van der Waals surface area contributed by atoms with Gasteiger partial charge in [0.05, 0.1) is 11.6 Å². The fraction of sp³-hybridized carbons (Fsp3) is 0.533. The van der Waals surface area contributed by atoms with Crippen LogP contribution in [0.15, 0.2) is 12.1 Å². The minimum atomic E-state index is -0.664. The predicted molar refractivity (Wildman–Crippen MR) is 73.0 cm³/mol. The van der Waals surface area contributed by atoms with Crippen LogP contribution in [-0.2, 0) is 6.54 Å². The number of halogens is 2. The van der Waals surface area contributed by atoms with Gasteiger partial charge in [-0.3, -0.25) is 0 Å². The molecular formula is C15H19F2N3. The zero-order valence-electron chi connectivity index (χ0n) is 11.6. The first-order valence-electron chi connectivity index (χ1n) is 6.94. The molecule has 1 unspecified atom stereocenters. The molecule has 1 N–H and O–H groups in total. The first kappa shape index (κ1) is 14.9. The first-order chi connectivity index (χ1) is 9.60. The van der Waals surface area contributed by atoms with E-state index in [9.17, 15) is 8.78 Å². The van der Waals surface area contributed by atoms with Crippen molar-refractivity contribution in [2.45, 2.75) is 32.4 Å². The summed E-state index contributed by atoms with van der Waals surface area (Å²) in [5.74, 6) is -1.33. The minimum Gasteiger partial charge on any atom is -0.309 e. The molecule has 1 aromatic carbocycles. The summed E-state index contributed by atoms with van der Waals surface area (Å²) in [6.45, 7) is 5.24. The fourth-order valence-electron chi connectivity index (χ4n) is 2.53. The SMILES string of the molecule is CC(CN1CCCC1)NCc1c(F)cc(C#N)cc1F. The zero-order valence-corrected chi connectivity index (χ0v) is 11.6. The van der Waals surface area contributed by atoms with Crippen molar-refractivity contribution in [2.24, 2.45) is 0 Å². The predicted octanol–water partition coefficient (Wildman–Crippen LogP) is 2.41. The molecule has 20 heavy (non-hydrogen) atoms. The highest BCUT2D eigenvalue weighted by Gasteiger charge is 2.16. The van der Waals surface area contributed by atoms with Crippen molar-refractivity contribution in [3.8, 4) is 6.07 Å². The van der Waals surface area contributed by atoms with E-state index in [4.69, 9.17) is 5.26 Å². The van der Waals surface area contributed by atoms with Gasteiger partial charge in [0.1, 0.15) is 11.6 Å². The van der Waals surface area contributed by atoms with Crippen molar-refractivity contribution in [2.75, 3.05) is 19.6 Å². The molecule has 0 radical (unpaired) electrons. The third-order valence-corrected chi connectivity index (χ3v) is 3.63. The van der Waals surface area contributed by atoms with Crippen LogP contribution < -0.4 is 5.32 Å². The number of nitrogens with zero attached hydrogens (tertiary/aromatic N) is 2. The zero-order chi connectivity index (χ0) is 14.5. The quantitative estimate of drug-likeness (QED) is 0.899. The maximum absolute atomic E-state index is 13.7. The van der Waals surface area contributed by atoms with Gasteiger partial charge in [0.15, 0.2) is 0 Å². The number of likely N-dealkylation sites (tertiary alicyclic amines) is 1. The Labute approximate surface area is 118 Å². The van der Waals surface area contributed by atoms with Crippen LogP contribution >= 0.6 is 0 Å². The van der Waals surface area contributed by atoms with Gasteiger partial charge in [0.2, 0.25) is 0 Å². The Morgan fingerprint density at radius 3 is 2.45 bits per heavy atom. The maximum atomic E-state index is 13.7. The van der Waals surface area contributed by atoms with E-state index in [1.54, 1.807) is 6.07 Å². The Bertz CT molecular complexity index is 481. The summed E-state index contributed by atoms with van der Waals surface area (Å²) in [7, 11) is 0. The van der Waals surface area contributed by atoms with E-state index in [-0.39, 0.29) is 23.7 Å². The van der Waals surface area contributed by atoms with Crippen molar-refractivity contribution in [3.05, 3.63) is 34.9 Å². The summed E-state index contributed by atoms with van der Waals surface area (Å²) < 4.78 is 27.4. The molecule has 1 aromatic rings. The van der Waals surface area contributed by atoms with Gasteiger partial charge in [-0.05, 0) is 45.0 Å². The number of rotatable bonds is 5. The number of hydrogen-bond donors (Lipinski definition) is 1. The van der Waals surface area contributed by atoms with Crippen LogP contribution in [0.3, 0.4) is 0 Å². The second kappa shape index (κ2) is 6.78. The molecule has 0 spiro atoms. The van der Waals surface area contributed by atoms with E-state index >= 15 is 0 Å². The summed E-state index contributed by atoms with van der Waals surface area (Å²) in [4.78, 5) is 2.35. The Kier molecular flexibility index (Phi) is 5.05. The van der Waals surface area contributed by atoms with Gasteiger partial charge < -0.3 is 10.2 Å². The Morgan fingerprint density at radius 2 is 1.90 bits per heavy atom. The molecule has 3 nitrogen and oxygen atoms in total. The van der Waals surface area contributed by atoms with Gasteiger partial charge in [-0.25, -0.2) is 8.78 Å². The highest BCUT2D eigenvalue weighted by molar-refractivity contribution is 5.34. The lowest BCUT2D eigenvalue weighted by molar-refractivity contribution is 0.297. The lowest BCUT2D eigenvalue weighted by Gasteiger charge is -2.21. The van der Waals surface area contributed by atoms with Crippen LogP contribution in [0.1, 0.15) is 30.9 Å². The van der Waals surface area contributed by atoms with Gasteiger partial charge >= 0.3 is 0 Å². The van der Waals surface area contributed by atoms with Crippen LogP contribution in [0.4, 0.5) is 8.78 Å². The summed E-state index contributed by atoms with van der Waals surface area (Å²) in [5, 5.41) is 11.8. The normalized spacial score (nSPS) is 17.1. The molecule has 0 aromatic heterocycles. The molecule has 0 amide bonds. The van der Waals surface area contributed by atoms with Gasteiger partial charge in [0.25, 0.3) is 0 Å². The average molecular weight is 279 g/mol. The number of benzene rings is 1. The molecule has 1 fully saturated rings. The van der Waals surface area contributed by atoms with Crippen molar-refractivity contribution >= 4 is 0 Å². The summed E-state index contributed by atoms with van der Waals surface area (Å²) in [6.07, 6.45) is 2.46. The van der Waals surface area contributed by atoms with Gasteiger partial charge in [-0.2, -0.15) is 5.26 Å². The van der Waals surface area contributed by atoms with Gasteiger partial charge in [-0.15, -0.1) is 0 Å². The third-order valence-electron chi connectivity index (χ3n) is 3.63. The van der Waals surface area contributed by atoms with E-state index in [0.717, 1.165) is 31.8 Å². The first-order valence-corrected chi connectivity index (χ1v) is 6.94. The lowest BCUT2D eigenvalue weighted by Crippen LogP contribution is -2.37. The molecule has 1 saturated heterocycles. The third kappa shape index (κ3) is 3.75. The standard InChI is InChI=1S/C15H19F2N3/c1-11(10-20-4-2-3-5-20)19-9-13-14(16)6-12(8-18)7-15(13)17/h6-7,11,19H,2-5,9-10H2,1H3. The maximum Gasteiger partial charge on any atom is 0.131 e. The molecule has 0 aliphatic carbocycles. The second-order valence-corrected chi connectivity index (χ2v) is 5.32. The molecule has 1 aliphatic heterocycles. The second-order valence-electron chi connectivity index (χ2n) is 5.32. The minimum absolute atomic E-state index is 0.00253. The lowest BCUT2D eigenvalue weighted by atomic mass is 10.1. The van der Waals surface area contributed by atoms with E-state index in [1.165, 1.54) is 12.8 Å². The smallest absolute Gasteiger partial charge is 0.131 e. The fourth-order valence-corrected chi connectivity index (χ4v) is 2.53. The van der Waals surface area contributed by atoms with E-state index < -0.39 is 11.6 Å². The largest absolute Gasteiger partial charge is 0.309 e. The average Bonchev–Trinajstić information content (AvgIpc) is 2.90. The highest BCUT2D eigenvalue weighted by atomic mass is 19.1. The number of nitrogens with one attached hydrogen (secondary N) is 1. The summed E-state index contributed by atoms with van der Waals surface area (Å²) in [5.41, 5.74) is 0.00568. The molecule has 5 heteroatoms. The molecule has 108 valence electrons. The van der Waals surface area contributed by atoms with Crippen LogP contribution in [0, 0.1) is 23.0 Å². The molecule has 0 saturated carbocycles.